The van der Waals surface area contributed by atoms with Gasteiger partial charge in [-0.1, -0.05) is 13.8 Å². The van der Waals surface area contributed by atoms with Crippen molar-refractivity contribution < 1.29 is 4.79 Å². The molecule has 0 spiro atoms. The molecule has 1 atom stereocenters. The molecule has 0 radical (unpaired) electrons. The van der Waals surface area contributed by atoms with Crippen LogP contribution in [0.2, 0.25) is 0 Å². The van der Waals surface area contributed by atoms with Crippen LogP contribution >= 0.6 is 23.7 Å². The van der Waals surface area contributed by atoms with Crippen LogP contribution < -0.4 is 10.6 Å². The molecule has 7 heteroatoms. The molecule has 3 heterocycles. The fourth-order valence-corrected chi connectivity index (χ4v) is 3.82. The molecule has 2 aromatic rings. The standard InChI is InChI=1S/C15H22N4OS.ClH/c1-9(2)13-11-7-12(21-15(11)19(3)18-13)14(20)17-10-5-4-6-16-8-10;/h7,9-10,16H,4-6,8H2,1-3H3,(H,17,20);1H. The number of hydrogen-bond acceptors (Lipinski definition) is 4. The molecule has 2 aromatic heterocycles. The Bertz CT molecular complexity index is 658. The highest BCUT2D eigenvalue weighted by Crippen LogP contribution is 2.31. The van der Waals surface area contributed by atoms with Gasteiger partial charge in [0.15, 0.2) is 0 Å². The van der Waals surface area contributed by atoms with Gasteiger partial charge in [0, 0.05) is 25.0 Å². The Kier molecular flexibility index (Phi) is 5.47. The van der Waals surface area contributed by atoms with E-state index in [0.29, 0.717) is 5.92 Å². The molecule has 5 nitrogen and oxygen atoms in total. The maximum atomic E-state index is 12.4. The fourth-order valence-electron chi connectivity index (χ4n) is 2.84. The number of carbonyl (C=O) groups excluding carboxylic acids is 1. The Labute approximate surface area is 140 Å². The number of aromatic nitrogens is 2. The van der Waals surface area contributed by atoms with Gasteiger partial charge >= 0.3 is 0 Å². The van der Waals surface area contributed by atoms with E-state index in [-0.39, 0.29) is 24.4 Å². The monoisotopic (exact) mass is 342 g/mol. The minimum absolute atomic E-state index is 0. The van der Waals surface area contributed by atoms with E-state index in [4.69, 9.17) is 0 Å². The lowest BCUT2D eigenvalue weighted by Gasteiger charge is -2.23. The number of piperidine rings is 1. The van der Waals surface area contributed by atoms with E-state index in [1.807, 2.05) is 17.8 Å². The zero-order valence-electron chi connectivity index (χ0n) is 13.2. The van der Waals surface area contributed by atoms with E-state index in [2.05, 4.69) is 29.6 Å². The molecular formula is C15H23ClN4OS. The molecule has 0 aromatic carbocycles. The smallest absolute Gasteiger partial charge is 0.261 e. The summed E-state index contributed by atoms with van der Waals surface area (Å²) in [6.07, 6.45) is 2.18. The number of hydrogen-bond donors (Lipinski definition) is 2. The van der Waals surface area contributed by atoms with Gasteiger partial charge in [0.05, 0.1) is 10.6 Å². The highest BCUT2D eigenvalue weighted by atomic mass is 35.5. The SMILES string of the molecule is CC(C)c1nn(C)c2sc(C(=O)NC3CCCNC3)cc12.Cl. The molecule has 1 unspecified atom stereocenters. The van der Waals surface area contributed by atoms with Gasteiger partial charge in [-0.2, -0.15) is 5.10 Å². The third kappa shape index (κ3) is 3.29. The van der Waals surface area contributed by atoms with Crippen LogP contribution in [0.25, 0.3) is 10.2 Å². The molecule has 0 saturated carbocycles. The molecule has 1 aliphatic heterocycles. The van der Waals surface area contributed by atoms with Crippen molar-refractivity contribution in [3.63, 3.8) is 0 Å². The second kappa shape index (κ2) is 6.98. The van der Waals surface area contributed by atoms with E-state index < -0.39 is 0 Å². The molecule has 1 saturated heterocycles. The van der Waals surface area contributed by atoms with Crippen LogP contribution in [0.5, 0.6) is 0 Å². The van der Waals surface area contributed by atoms with Crippen LogP contribution in [0.1, 0.15) is 48.0 Å². The van der Waals surface area contributed by atoms with Crippen molar-refractivity contribution in [1.29, 1.82) is 0 Å². The predicted molar refractivity (Wildman–Crippen MR) is 93.3 cm³/mol. The second-order valence-electron chi connectivity index (χ2n) is 6.01. The van der Waals surface area contributed by atoms with Crippen LogP contribution in [-0.2, 0) is 7.05 Å². The maximum absolute atomic E-state index is 12.4. The van der Waals surface area contributed by atoms with Crippen molar-refractivity contribution in [3.05, 3.63) is 16.6 Å². The summed E-state index contributed by atoms with van der Waals surface area (Å²) in [6, 6.07) is 2.24. The first-order valence-electron chi connectivity index (χ1n) is 7.54. The van der Waals surface area contributed by atoms with Crippen molar-refractivity contribution in [1.82, 2.24) is 20.4 Å². The summed E-state index contributed by atoms with van der Waals surface area (Å²) in [5.74, 6) is 0.404. The number of nitrogens with one attached hydrogen (secondary N) is 2. The zero-order valence-corrected chi connectivity index (χ0v) is 14.8. The number of amides is 1. The summed E-state index contributed by atoms with van der Waals surface area (Å²) in [5, 5.41) is 12.1. The first-order valence-corrected chi connectivity index (χ1v) is 8.36. The van der Waals surface area contributed by atoms with Crippen molar-refractivity contribution in [2.45, 2.75) is 38.6 Å². The van der Waals surface area contributed by atoms with Crippen LogP contribution in [0, 0.1) is 0 Å². The average Bonchev–Trinajstić information content (AvgIpc) is 3.01. The van der Waals surface area contributed by atoms with E-state index in [1.54, 1.807) is 0 Å². The first kappa shape index (κ1) is 17.2. The molecule has 22 heavy (non-hydrogen) atoms. The Hall–Kier alpha value is -1.11. The summed E-state index contributed by atoms with van der Waals surface area (Å²) >= 11 is 1.53. The van der Waals surface area contributed by atoms with Gasteiger partial charge in [-0.05, 0) is 31.4 Å². The first-order chi connectivity index (χ1) is 10.1. The van der Waals surface area contributed by atoms with Gasteiger partial charge in [-0.3, -0.25) is 9.48 Å². The van der Waals surface area contributed by atoms with E-state index in [1.165, 1.54) is 11.3 Å². The summed E-state index contributed by atoms with van der Waals surface area (Å²) in [4.78, 5) is 14.3. The van der Waals surface area contributed by atoms with Crippen molar-refractivity contribution in [2.75, 3.05) is 13.1 Å². The van der Waals surface area contributed by atoms with Crippen LogP contribution in [0.3, 0.4) is 0 Å². The van der Waals surface area contributed by atoms with Crippen molar-refractivity contribution in [3.8, 4) is 0 Å². The molecule has 1 amide bonds. The van der Waals surface area contributed by atoms with E-state index in [9.17, 15) is 4.79 Å². The summed E-state index contributed by atoms with van der Waals surface area (Å²) in [6.45, 7) is 6.19. The fraction of sp³-hybridized carbons (Fsp3) is 0.600. The average molecular weight is 343 g/mol. The summed E-state index contributed by atoms with van der Waals surface area (Å²) in [5.41, 5.74) is 1.07. The number of fused-ring (bicyclic) bond motifs is 1. The van der Waals surface area contributed by atoms with Gasteiger partial charge in [0.2, 0.25) is 0 Å². The number of nitrogens with zero attached hydrogens (tertiary/aromatic N) is 2. The Balaban J connectivity index is 0.00000176. The maximum Gasteiger partial charge on any atom is 0.261 e. The third-order valence-electron chi connectivity index (χ3n) is 3.94. The normalized spacial score (nSPS) is 18.5. The molecule has 2 N–H and O–H groups in total. The number of halogens is 1. The van der Waals surface area contributed by atoms with Gasteiger partial charge in [0.1, 0.15) is 4.83 Å². The molecule has 0 aliphatic carbocycles. The number of carbonyl (C=O) groups is 1. The van der Waals surface area contributed by atoms with Gasteiger partial charge in [-0.15, -0.1) is 23.7 Å². The highest BCUT2D eigenvalue weighted by molar-refractivity contribution is 7.20. The largest absolute Gasteiger partial charge is 0.347 e. The number of thiophene rings is 1. The third-order valence-corrected chi connectivity index (χ3v) is 5.14. The Morgan fingerprint density at radius 1 is 1.55 bits per heavy atom. The Morgan fingerprint density at radius 2 is 2.32 bits per heavy atom. The predicted octanol–water partition coefficient (Wildman–Crippen LogP) is 2.66. The molecular weight excluding hydrogens is 320 g/mol. The quantitative estimate of drug-likeness (QED) is 0.901. The zero-order chi connectivity index (χ0) is 15.0. The molecule has 0 bridgehead atoms. The number of aryl methyl sites for hydroxylation is 1. The Morgan fingerprint density at radius 3 is 2.95 bits per heavy atom. The molecule has 1 fully saturated rings. The lowest BCUT2D eigenvalue weighted by atomic mass is 10.1. The minimum atomic E-state index is 0. The molecule has 1 aliphatic rings. The van der Waals surface area contributed by atoms with E-state index in [0.717, 1.165) is 46.7 Å². The van der Waals surface area contributed by atoms with E-state index >= 15 is 0 Å². The van der Waals surface area contributed by atoms with Crippen molar-refractivity contribution >= 4 is 39.9 Å². The lowest BCUT2D eigenvalue weighted by Crippen LogP contribution is -2.45. The van der Waals surface area contributed by atoms with Crippen molar-refractivity contribution in [2.24, 2.45) is 7.05 Å². The summed E-state index contributed by atoms with van der Waals surface area (Å²) < 4.78 is 1.88. The highest BCUT2D eigenvalue weighted by Gasteiger charge is 2.21. The van der Waals surface area contributed by atoms with Crippen LogP contribution in [0.4, 0.5) is 0 Å². The van der Waals surface area contributed by atoms with Crippen LogP contribution in [-0.4, -0.2) is 34.8 Å². The molecule has 122 valence electrons. The van der Waals surface area contributed by atoms with Gasteiger partial charge in [0.25, 0.3) is 5.91 Å². The number of rotatable bonds is 3. The van der Waals surface area contributed by atoms with Gasteiger partial charge < -0.3 is 10.6 Å². The second-order valence-corrected chi connectivity index (χ2v) is 7.04. The van der Waals surface area contributed by atoms with Crippen LogP contribution in [0.15, 0.2) is 6.07 Å². The lowest BCUT2D eigenvalue weighted by molar-refractivity contribution is 0.0935. The minimum Gasteiger partial charge on any atom is -0.347 e. The summed E-state index contributed by atoms with van der Waals surface area (Å²) in [7, 11) is 1.94. The molecule has 3 rings (SSSR count). The van der Waals surface area contributed by atoms with Gasteiger partial charge in [-0.25, -0.2) is 0 Å². The topological polar surface area (TPSA) is 59.0 Å².